The van der Waals surface area contributed by atoms with E-state index in [-0.39, 0.29) is 11.5 Å². The average Bonchev–Trinajstić information content (AvgIpc) is 3.28. The molecule has 8 nitrogen and oxygen atoms in total. The third kappa shape index (κ3) is 3.47. The first-order valence-electron chi connectivity index (χ1n) is 7.25. The van der Waals surface area contributed by atoms with Gasteiger partial charge in [-0.05, 0) is 24.3 Å². The highest BCUT2D eigenvalue weighted by Crippen LogP contribution is 2.06. The Bertz CT molecular complexity index is 1050. The van der Waals surface area contributed by atoms with Crippen molar-refractivity contribution >= 4 is 23.2 Å². The molecule has 0 saturated heterocycles. The highest BCUT2D eigenvalue weighted by molar-refractivity contribution is 5.90. The van der Waals surface area contributed by atoms with Crippen LogP contribution in [-0.4, -0.2) is 42.9 Å². The summed E-state index contributed by atoms with van der Waals surface area (Å²) in [7, 11) is 1.36. The summed E-state index contributed by atoms with van der Waals surface area (Å²) in [6, 6.07) is 6.45. The number of carboxylic acid groups (broad SMARTS) is 1. The molecule has 0 saturated carbocycles. The average molecular weight is 338 g/mol. The van der Waals surface area contributed by atoms with Crippen LogP contribution in [0.5, 0.6) is 0 Å². The van der Waals surface area contributed by atoms with Crippen molar-refractivity contribution in [3.8, 4) is 0 Å². The van der Waals surface area contributed by atoms with Crippen LogP contribution in [-0.2, 0) is 4.74 Å². The van der Waals surface area contributed by atoms with Crippen molar-refractivity contribution in [3.05, 3.63) is 72.6 Å². The Balaban J connectivity index is 0.000000146. The fourth-order valence-corrected chi connectivity index (χ4v) is 2.20. The van der Waals surface area contributed by atoms with Gasteiger partial charge in [-0.1, -0.05) is 0 Å². The van der Waals surface area contributed by atoms with Crippen molar-refractivity contribution in [2.45, 2.75) is 0 Å². The number of rotatable bonds is 2. The number of aromatic nitrogens is 4. The van der Waals surface area contributed by atoms with Crippen LogP contribution in [0.3, 0.4) is 0 Å². The Kier molecular flexibility index (Phi) is 4.42. The lowest BCUT2D eigenvalue weighted by molar-refractivity contribution is 0.0599. The number of aromatic carboxylic acids is 1. The summed E-state index contributed by atoms with van der Waals surface area (Å²) in [4.78, 5) is 29.7. The Hall–Kier alpha value is -3.68. The Morgan fingerprint density at radius 3 is 1.96 bits per heavy atom. The molecular formula is C17H14N4O4. The molecule has 1 N–H and O–H groups in total. The predicted octanol–water partition coefficient (Wildman–Crippen LogP) is 2.15. The number of pyridine rings is 2. The molecule has 126 valence electrons. The second kappa shape index (κ2) is 6.83. The number of hydrogen-bond acceptors (Lipinski definition) is 5. The van der Waals surface area contributed by atoms with Crippen LogP contribution in [0, 0.1) is 0 Å². The molecular weight excluding hydrogens is 324 g/mol. The number of hydrogen-bond donors (Lipinski definition) is 1. The Morgan fingerprint density at radius 1 is 0.920 bits per heavy atom. The molecule has 0 spiro atoms. The van der Waals surface area contributed by atoms with E-state index in [1.54, 1.807) is 47.5 Å². The molecule has 0 unspecified atom stereocenters. The number of ether oxygens (including phenoxy) is 1. The molecule has 0 aliphatic heterocycles. The second-order valence-electron chi connectivity index (χ2n) is 5.01. The number of methoxy groups -OCH3 is 1. The lowest BCUT2D eigenvalue weighted by Gasteiger charge is -1.98. The molecule has 8 heteroatoms. The number of imidazole rings is 2. The van der Waals surface area contributed by atoms with Gasteiger partial charge in [-0.2, -0.15) is 0 Å². The van der Waals surface area contributed by atoms with Gasteiger partial charge in [-0.15, -0.1) is 0 Å². The van der Waals surface area contributed by atoms with Crippen molar-refractivity contribution in [2.75, 3.05) is 7.11 Å². The molecule has 4 heterocycles. The summed E-state index contributed by atoms with van der Waals surface area (Å²) in [5, 5.41) is 8.64. The normalized spacial score (nSPS) is 10.3. The van der Waals surface area contributed by atoms with Crippen LogP contribution in [0.2, 0.25) is 0 Å². The van der Waals surface area contributed by atoms with Gasteiger partial charge in [-0.25, -0.2) is 19.6 Å². The first kappa shape index (κ1) is 16.2. The van der Waals surface area contributed by atoms with Crippen molar-refractivity contribution in [1.82, 2.24) is 18.8 Å². The van der Waals surface area contributed by atoms with E-state index in [1.165, 1.54) is 19.2 Å². The minimum absolute atomic E-state index is 0.258. The Morgan fingerprint density at radius 2 is 1.44 bits per heavy atom. The number of carboxylic acids is 1. The maximum absolute atomic E-state index is 11.1. The van der Waals surface area contributed by atoms with Crippen LogP contribution in [0.25, 0.3) is 11.3 Å². The van der Waals surface area contributed by atoms with Crippen LogP contribution >= 0.6 is 0 Å². The van der Waals surface area contributed by atoms with Gasteiger partial charge in [0.2, 0.25) is 0 Å². The van der Waals surface area contributed by atoms with Gasteiger partial charge >= 0.3 is 11.9 Å². The van der Waals surface area contributed by atoms with Crippen molar-refractivity contribution in [3.63, 3.8) is 0 Å². The van der Waals surface area contributed by atoms with E-state index in [4.69, 9.17) is 5.11 Å². The summed E-state index contributed by atoms with van der Waals surface area (Å²) in [6.45, 7) is 0. The van der Waals surface area contributed by atoms with Crippen molar-refractivity contribution < 1.29 is 19.4 Å². The van der Waals surface area contributed by atoms with Crippen LogP contribution in [0.4, 0.5) is 0 Å². The predicted molar refractivity (Wildman–Crippen MR) is 88.7 cm³/mol. The molecule has 0 aliphatic rings. The fourth-order valence-electron chi connectivity index (χ4n) is 2.20. The zero-order valence-electron chi connectivity index (χ0n) is 13.2. The molecule has 4 aromatic rings. The zero-order valence-corrected chi connectivity index (χ0v) is 13.2. The van der Waals surface area contributed by atoms with Crippen molar-refractivity contribution in [2.24, 2.45) is 0 Å². The molecule has 0 radical (unpaired) electrons. The standard InChI is InChI=1S/C9H8N2O2.C8H6N2O2/c1-13-9(12)7-2-4-11-5-3-10-8(11)6-7;11-8(12)6-1-3-10-4-2-9-7(10)5-6/h2-6H,1H3;1-5H,(H,11,12). The molecule has 25 heavy (non-hydrogen) atoms. The van der Waals surface area contributed by atoms with E-state index in [0.29, 0.717) is 11.2 Å². The van der Waals surface area contributed by atoms with Gasteiger partial charge in [0.25, 0.3) is 0 Å². The maximum Gasteiger partial charge on any atom is 0.338 e. The molecule has 0 aromatic carbocycles. The summed E-state index contributed by atoms with van der Waals surface area (Å²) in [5.41, 5.74) is 2.16. The molecule has 0 fully saturated rings. The first-order valence-corrected chi connectivity index (χ1v) is 7.25. The summed E-state index contributed by atoms with van der Waals surface area (Å²) in [6.07, 6.45) is 10.3. The molecule has 4 aromatic heterocycles. The number of carbonyl (C=O) groups excluding carboxylic acids is 1. The minimum atomic E-state index is -0.930. The highest BCUT2D eigenvalue weighted by atomic mass is 16.5. The zero-order chi connectivity index (χ0) is 17.8. The van der Waals surface area contributed by atoms with E-state index in [9.17, 15) is 9.59 Å². The smallest absolute Gasteiger partial charge is 0.338 e. The molecule has 0 aliphatic carbocycles. The number of carbonyl (C=O) groups is 2. The van der Waals surface area contributed by atoms with Crippen LogP contribution < -0.4 is 0 Å². The monoisotopic (exact) mass is 338 g/mol. The largest absolute Gasteiger partial charge is 0.478 e. The van der Waals surface area contributed by atoms with Gasteiger partial charge < -0.3 is 18.6 Å². The molecule has 0 amide bonds. The fraction of sp³-hybridized carbons (Fsp3) is 0.0588. The third-order valence-corrected chi connectivity index (χ3v) is 3.46. The number of nitrogens with zero attached hydrogens (tertiary/aromatic N) is 4. The maximum atomic E-state index is 11.1. The highest BCUT2D eigenvalue weighted by Gasteiger charge is 2.05. The molecule has 0 bridgehead atoms. The van der Waals surface area contributed by atoms with Gasteiger partial charge in [0.1, 0.15) is 11.3 Å². The topological polar surface area (TPSA) is 98.2 Å². The number of fused-ring (bicyclic) bond motifs is 2. The molecule has 4 rings (SSSR count). The third-order valence-electron chi connectivity index (χ3n) is 3.46. The van der Waals surface area contributed by atoms with Gasteiger partial charge in [-0.3, -0.25) is 0 Å². The number of esters is 1. The molecule has 0 atom stereocenters. The van der Waals surface area contributed by atoms with Gasteiger partial charge in [0, 0.05) is 37.2 Å². The minimum Gasteiger partial charge on any atom is -0.478 e. The SMILES string of the molecule is COC(=O)c1ccn2ccnc2c1.O=C(O)c1ccn2ccnc2c1. The van der Waals surface area contributed by atoms with E-state index < -0.39 is 5.97 Å². The van der Waals surface area contributed by atoms with E-state index in [2.05, 4.69) is 14.7 Å². The summed E-state index contributed by atoms with van der Waals surface area (Å²) in [5.74, 6) is -1.27. The lowest BCUT2D eigenvalue weighted by atomic mass is 10.3. The van der Waals surface area contributed by atoms with Gasteiger partial charge in [0.15, 0.2) is 0 Å². The summed E-state index contributed by atoms with van der Waals surface area (Å²) >= 11 is 0. The quantitative estimate of drug-likeness (QED) is 0.562. The second-order valence-corrected chi connectivity index (χ2v) is 5.01. The van der Waals surface area contributed by atoms with Gasteiger partial charge in [0.05, 0.1) is 18.2 Å². The first-order chi connectivity index (χ1) is 12.1. The van der Waals surface area contributed by atoms with Crippen molar-refractivity contribution in [1.29, 1.82) is 0 Å². The lowest BCUT2D eigenvalue weighted by Crippen LogP contribution is -2.01. The summed E-state index contributed by atoms with van der Waals surface area (Å²) < 4.78 is 8.17. The van der Waals surface area contributed by atoms with Crippen LogP contribution in [0.1, 0.15) is 20.7 Å². The van der Waals surface area contributed by atoms with E-state index in [1.807, 2.05) is 10.6 Å². The Labute approximate surface area is 141 Å². The van der Waals surface area contributed by atoms with E-state index in [0.717, 1.165) is 5.65 Å². The van der Waals surface area contributed by atoms with E-state index >= 15 is 0 Å². The van der Waals surface area contributed by atoms with Crippen LogP contribution in [0.15, 0.2) is 61.4 Å².